The lowest BCUT2D eigenvalue weighted by Gasteiger charge is -2.11. The lowest BCUT2D eigenvalue weighted by molar-refractivity contribution is -0.118. The second kappa shape index (κ2) is 8.32. The van der Waals surface area contributed by atoms with Crippen molar-refractivity contribution in [2.75, 3.05) is 19.5 Å². The molecular weight excluding hydrogens is 362 g/mol. The Morgan fingerprint density at radius 1 is 1.48 bits per heavy atom. The zero-order valence-corrected chi connectivity index (χ0v) is 15.2. The Balaban J connectivity index is 1.70. The van der Waals surface area contributed by atoms with Crippen LogP contribution in [0.5, 0.6) is 0 Å². The average Bonchev–Trinajstić information content (AvgIpc) is 3.29. The highest BCUT2D eigenvalue weighted by Crippen LogP contribution is 2.20. The maximum Gasteiger partial charge on any atom is 0.272 e. The largest absolute Gasteiger partial charge is 0.467 e. The molecule has 7 nitrogen and oxygen atoms in total. The molecule has 25 heavy (non-hydrogen) atoms. The molecule has 3 heterocycles. The van der Waals surface area contributed by atoms with E-state index in [1.54, 1.807) is 30.1 Å². The first-order chi connectivity index (χ1) is 12.2. The summed E-state index contributed by atoms with van der Waals surface area (Å²) in [7, 11) is 1.58. The third kappa shape index (κ3) is 4.30. The van der Waals surface area contributed by atoms with Crippen molar-refractivity contribution in [1.82, 2.24) is 14.9 Å². The molecule has 0 atom stereocenters. The Kier molecular flexibility index (Phi) is 5.90. The predicted molar refractivity (Wildman–Crippen MR) is 97.0 cm³/mol. The zero-order chi connectivity index (χ0) is 17.6. The van der Waals surface area contributed by atoms with Crippen LogP contribution >= 0.6 is 23.1 Å². The maximum absolute atomic E-state index is 12.6. The number of furan rings is 1. The van der Waals surface area contributed by atoms with Gasteiger partial charge in [0.05, 0.1) is 37.2 Å². The van der Waals surface area contributed by atoms with Crippen LogP contribution in [0.2, 0.25) is 0 Å². The first-order valence-electron chi connectivity index (χ1n) is 7.58. The number of methoxy groups -OCH3 is 1. The van der Waals surface area contributed by atoms with Crippen LogP contribution in [-0.2, 0) is 22.6 Å². The molecule has 0 aliphatic carbocycles. The lowest BCUT2D eigenvalue weighted by Crippen LogP contribution is -2.27. The highest BCUT2D eigenvalue weighted by molar-refractivity contribution is 7.99. The van der Waals surface area contributed by atoms with Crippen LogP contribution in [0.25, 0.3) is 10.2 Å². The molecule has 0 aliphatic rings. The molecule has 0 aliphatic heterocycles. The summed E-state index contributed by atoms with van der Waals surface area (Å²) in [5.74, 6) is 0.697. The summed E-state index contributed by atoms with van der Waals surface area (Å²) in [5, 5.41) is 5.13. The molecule has 1 N–H and O–H groups in total. The molecule has 132 valence electrons. The van der Waals surface area contributed by atoms with Gasteiger partial charge < -0.3 is 14.5 Å². The molecule has 0 unspecified atom stereocenters. The molecule has 0 spiro atoms. The number of thioether (sulfide) groups is 1. The van der Waals surface area contributed by atoms with Crippen molar-refractivity contribution in [2.45, 2.75) is 18.2 Å². The standard InChI is InChI=1S/C16H17N3O4S2/c1-22-7-5-19-15(21)14-12(4-8-24-14)18-16(19)25-10-13(20)17-9-11-3-2-6-23-11/h2-4,6,8H,5,7,9-10H2,1H3,(H,17,20). The minimum atomic E-state index is -0.153. The monoisotopic (exact) mass is 379 g/mol. The van der Waals surface area contributed by atoms with Crippen molar-refractivity contribution in [1.29, 1.82) is 0 Å². The van der Waals surface area contributed by atoms with E-state index in [1.807, 2.05) is 11.4 Å². The van der Waals surface area contributed by atoms with Crippen molar-refractivity contribution in [3.63, 3.8) is 0 Å². The normalized spacial score (nSPS) is 11.1. The second-order valence-electron chi connectivity index (χ2n) is 5.12. The number of amides is 1. The van der Waals surface area contributed by atoms with Crippen LogP contribution < -0.4 is 10.9 Å². The Morgan fingerprint density at radius 2 is 2.36 bits per heavy atom. The summed E-state index contributed by atoms with van der Waals surface area (Å²) >= 11 is 2.60. The van der Waals surface area contributed by atoms with Crippen LogP contribution in [0.3, 0.4) is 0 Å². The summed E-state index contributed by atoms with van der Waals surface area (Å²) in [4.78, 5) is 29.1. The molecule has 1 amide bonds. The van der Waals surface area contributed by atoms with Gasteiger partial charge in [-0.3, -0.25) is 14.2 Å². The van der Waals surface area contributed by atoms with Crippen molar-refractivity contribution < 1.29 is 13.9 Å². The summed E-state index contributed by atoms with van der Waals surface area (Å²) in [6.45, 7) is 1.13. The molecule has 0 radical (unpaired) electrons. The Morgan fingerprint density at radius 3 is 3.12 bits per heavy atom. The molecule has 0 saturated carbocycles. The quantitative estimate of drug-likeness (QED) is 0.476. The van der Waals surface area contributed by atoms with Crippen molar-refractivity contribution >= 4 is 39.2 Å². The van der Waals surface area contributed by atoms with Gasteiger partial charge in [-0.2, -0.15) is 0 Å². The fourth-order valence-electron chi connectivity index (χ4n) is 2.19. The van der Waals surface area contributed by atoms with Crippen LogP contribution in [0, 0.1) is 0 Å². The van der Waals surface area contributed by atoms with Gasteiger partial charge in [-0.05, 0) is 23.6 Å². The van der Waals surface area contributed by atoms with Crippen molar-refractivity contribution in [3.8, 4) is 0 Å². The molecule has 0 aromatic carbocycles. The van der Waals surface area contributed by atoms with Gasteiger partial charge in [-0.1, -0.05) is 11.8 Å². The summed E-state index contributed by atoms with van der Waals surface area (Å²) < 4.78 is 12.4. The van der Waals surface area contributed by atoms with E-state index in [-0.39, 0.29) is 17.2 Å². The summed E-state index contributed by atoms with van der Waals surface area (Å²) in [6.07, 6.45) is 1.56. The van der Waals surface area contributed by atoms with Crippen LogP contribution in [0.15, 0.2) is 44.2 Å². The molecular formula is C16H17N3O4S2. The van der Waals surface area contributed by atoms with Crippen LogP contribution in [-0.4, -0.2) is 34.9 Å². The number of hydrogen-bond acceptors (Lipinski definition) is 7. The Labute approximate surface area is 152 Å². The smallest absolute Gasteiger partial charge is 0.272 e. The number of fused-ring (bicyclic) bond motifs is 1. The first kappa shape index (κ1) is 17.7. The van der Waals surface area contributed by atoms with E-state index < -0.39 is 0 Å². The molecule has 3 aromatic rings. The number of aromatic nitrogens is 2. The highest BCUT2D eigenvalue weighted by Gasteiger charge is 2.14. The maximum atomic E-state index is 12.6. The first-order valence-corrected chi connectivity index (χ1v) is 9.44. The molecule has 3 aromatic heterocycles. The zero-order valence-electron chi connectivity index (χ0n) is 13.6. The van der Waals surface area contributed by atoms with E-state index in [4.69, 9.17) is 9.15 Å². The van der Waals surface area contributed by atoms with E-state index >= 15 is 0 Å². The number of rotatable bonds is 8. The number of carbonyl (C=O) groups is 1. The highest BCUT2D eigenvalue weighted by atomic mass is 32.2. The molecule has 0 saturated heterocycles. The van der Waals surface area contributed by atoms with E-state index in [1.165, 1.54) is 23.1 Å². The van der Waals surface area contributed by atoms with Crippen molar-refractivity contribution in [2.24, 2.45) is 0 Å². The van der Waals surface area contributed by atoms with E-state index in [0.29, 0.717) is 40.8 Å². The SMILES string of the molecule is COCCn1c(SCC(=O)NCc2ccco2)nc2ccsc2c1=O. The van der Waals surface area contributed by atoms with E-state index in [0.717, 1.165) is 0 Å². The van der Waals surface area contributed by atoms with Gasteiger partial charge in [0.2, 0.25) is 5.91 Å². The number of ether oxygens (including phenoxy) is 1. The summed E-state index contributed by atoms with van der Waals surface area (Å²) in [5.41, 5.74) is 0.553. The number of nitrogens with zero attached hydrogens (tertiary/aromatic N) is 2. The second-order valence-corrected chi connectivity index (χ2v) is 6.98. The average molecular weight is 379 g/mol. The van der Waals surface area contributed by atoms with Gasteiger partial charge in [0.25, 0.3) is 5.56 Å². The topological polar surface area (TPSA) is 86.4 Å². The minimum Gasteiger partial charge on any atom is -0.467 e. The van der Waals surface area contributed by atoms with Crippen molar-refractivity contribution in [3.05, 3.63) is 46.0 Å². The fourth-order valence-corrected chi connectivity index (χ4v) is 3.83. The number of hydrogen-bond donors (Lipinski definition) is 1. The van der Waals surface area contributed by atoms with E-state index in [2.05, 4.69) is 10.3 Å². The number of thiophene rings is 1. The van der Waals surface area contributed by atoms with Gasteiger partial charge in [-0.25, -0.2) is 4.98 Å². The Bertz CT molecular complexity index is 902. The van der Waals surface area contributed by atoms with Crippen LogP contribution in [0.1, 0.15) is 5.76 Å². The Hall–Kier alpha value is -2.10. The minimum absolute atomic E-state index is 0.101. The third-order valence-electron chi connectivity index (χ3n) is 3.42. The third-order valence-corrected chi connectivity index (χ3v) is 5.29. The van der Waals surface area contributed by atoms with Gasteiger partial charge >= 0.3 is 0 Å². The molecule has 0 fully saturated rings. The van der Waals surface area contributed by atoms with Gasteiger partial charge in [0, 0.05) is 7.11 Å². The van der Waals surface area contributed by atoms with Crippen LogP contribution in [0.4, 0.5) is 0 Å². The summed E-state index contributed by atoms with van der Waals surface area (Å²) in [6, 6.07) is 5.37. The predicted octanol–water partition coefficient (Wildman–Crippen LogP) is 2.11. The number of nitrogens with one attached hydrogen (secondary N) is 1. The van der Waals surface area contributed by atoms with Gasteiger partial charge in [0.1, 0.15) is 10.5 Å². The molecule has 0 bridgehead atoms. The van der Waals surface area contributed by atoms with Gasteiger partial charge in [0.15, 0.2) is 5.16 Å². The fraction of sp³-hybridized carbons (Fsp3) is 0.312. The molecule has 3 rings (SSSR count). The lowest BCUT2D eigenvalue weighted by atomic mass is 10.4. The molecule has 9 heteroatoms. The van der Waals surface area contributed by atoms with E-state index in [9.17, 15) is 9.59 Å². The number of carbonyl (C=O) groups excluding carboxylic acids is 1. The van der Waals surface area contributed by atoms with Gasteiger partial charge in [-0.15, -0.1) is 11.3 Å².